The van der Waals surface area contributed by atoms with Crippen LogP contribution in [0, 0.1) is 0 Å². The molecule has 0 aromatic carbocycles. The van der Waals surface area contributed by atoms with Gasteiger partial charge in [0, 0.05) is 18.6 Å². The number of hydrogen-bond acceptors (Lipinski definition) is 4. The Labute approximate surface area is 126 Å². The number of nitrogens with zero attached hydrogens (tertiary/aromatic N) is 1. The zero-order valence-electron chi connectivity index (χ0n) is 13.3. The summed E-state index contributed by atoms with van der Waals surface area (Å²) in [6, 6.07) is 0.697. The number of nitrogens with one attached hydrogen (secondary N) is 2. The third kappa shape index (κ3) is 4.88. The number of fused-ring (bicyclic) bond motifs is 1. The van der Waals surface area contributed by atoms with Crippen molar-refractivity contribution >= 4 is 12.0 Å². The number of ether oxygens (including phenoxy) is 1. The lowest BCUT2D eigenvalue weighted by atomic mass is 9.99. The van der Waals surface area contributed by atoms with Gasteiger partial charge in [-0.2, -0.15) is 0 Å². The van der Waals surface area contributed by atoms with Crippen molar-refractivity contribution in [2.24, 2.45) is 0 Å². The second-order valence-corrected chi connectivity index (χ2v) is 6.92. The standard InChI is InChI=1S/C15H27N3O3/c1-15(2,3)21-14(20)16-10-13(19)17-11-7-9-18-8-5-4-6-12(11)18/h11-12H,4-10H2,1-3H3,(H,16,20)(H,17,19)/t11-,12-/m0/s1. The largest absolute Gasteiger partial charge is 0.444 e. The van der Waals surface area contributed by atoms with Crippen molar-refractivity contribution in [3.05, 3.63) is 0 Å². The number of carbonyl (C=O) groups excluding carboxylic acids is 2. The van der Waals surface area contributed by atoms with Crippen LogP contribution in [0.2, 0.25) is 0 Å². The first-order chi connectivity index (χ1) is 9.85. The van der Waals surface area contributed by atoms with Gasteiger partial charge < -0.3 is 15.4 Å². The molecule has 0 spiro atoms. The molecule has 2 aliphatic heterocycles. The maximum atomic E-state index is 11.9. The van der Waals surface area contributed by atoms with Crippen LogP contribution < -0.4 is 10.6 Å². The van der Waals surface area contributed by atoms with E-state index in [4.69, 9.17) is 4.74 Å². The summed E-state index contributed by atoms with van der Waals surface area (Å²) < 4.78 is 5.11. The molecule has 0 saturated carbocycles. The molecule has 0 unspecified atom stereocenters. The van der Waals surface area contributed by atoms with Crippen LogP contribution in [0.25, 0.3) is 0 Å². The van der Waals surface area contributed by atoms with E-state index >= 15 is 0 Å². The zero-order chi connectivity index (χ0) is 15.5. The third-order valence-electron chi connectivity index (χ3n) is 3.99. The van der Waals surface area contributed by atoms with E-state index in [1.165, 1.54) is 12.8 Å². The molecule has 2 saturated heterocycles. The van der Waals surface area contributed by atoms with Crippen LogP contribution in [0.15, 0.2) is 0 Å². The molecule has 2 heterocycles. The summed E-state index contributed by atoms with van der Waals surface area (Å²) in [5.74, 6) is -0.140. The molecule has 21 heavy (non-hydrogen) atoms. The van der Waals surface area contributed by atoms with Crippen LogP contribution in [0.4, 0.5) is 4.79 Å². The summed E-state index contributed by atoms with van der Waals surface area (Å²) in [4.78, 5) is 25.9. The van der Waals surface area contributed by atoms with E-state index < -0.39 is 11.7 Å². The van der Waals surface area contributed by atoms with Gasteiger partial charge in [-0.25, -0.2) is 4.79 Å². The van der Waals surface area contributed by atoms with Crippen molar-refractivity contribution < 1.29 is 14.3 Å². The molecule has 0 radical (unpaired) electrons. The molecule has 2 aliphatic rings. The number of hydrogen-bond donors (Lipinski definition) is 2. The zero-order valence-corrected chi connectivity index (χ0v) is 13.3. The highest BCUT2D eigenvalue weighted by Crippen LogP contribution is 2.26. The number of amides is 2. The van der Waals surface area contributed by atoms with Crippen LogP contribution in [-0.2, 0) is 9.53 Å². The Morgan fingerprint density at radius 3 is 2.67 bits per heavy atom. The Hall–Kier alpha value is -1.30. The number of alkyl carbamates (subject to hydrolysis) is 1. The van der Waals surface area contributed by atoms with Gasteiger partial charge in [-0.05, 0) is 46.6 Å². The first kappa shape index (κ1) is 16.1. The van der Waals surface area contributed by atoms with E-state index in [-0.39, 0.29) is 18.5 Å². The Morgan fingerprint density at radius 1 is 1.19 bits per heavy atom. The Morgan fingerprint density at radius 2 is 1.95 bits per heavy atom. The Balaban J connectivity index is 1.71. The third-order valence-corrected chi connectivity index (χ3v) is 3.99. The maximum Gasteiger partial charge on any atom is 0.408 e. The normalized spacial score (nSPS) is 26.0. The molecule has 0 aliphatic carbocycles. The van der Waals surface area contributed by atoms with Gasteiger partial charge in [-0.3, -0.25) is 9.69 Å². The number of carbonyl (C=O) groups is 2. The summed E-state index contributed by atoms with van der Waals surface area (Å²) >= 11 is 0. The molecule has 2 atom stereocenters. The molecule has 2 amide bonds. The molecule has 6 heteroatoms. The van der Waals surface area contributed by atoms with E-state index in [1.54, 1.807) is 20.8 Å². The van der Waals surface area contributed by atoms with E-state index in [2.05, 4.69) is 15.5 Å². The van der Waals surface area contributed by atoms with Gasteiger partial charge in [0.25, 0.3) is 0 Å². The minimum atomic E-state index is -0.552. The highest BCUT2D eigenvalue weighted by Gasteiger charge is 2.36. The van der Waals surface area contributed by atoms with Gasteiger partial charge in [0.2, 0.25) is 5.91 Å². The van der Waals surface area contributed by atoms with E-state index in [1.807, 2.05) is 0 Å². The van der Waals surface area contributed by atoms with Crippen LogP contribution >= 0.6 is 0 Å². The van der Waals surface area contributed by atoms with E-state index in [0.29, 0.717) is 6.04 Å². The lowest BCUT2D eigenvalue weighted by molar-refractivity contribution is -0.121. The predicted octanol–water partition coefficient (Wildman–Crippen LogP) is 1.25. The van der Waals surface area contributed by atoms with Gasteiger partial charge in [-0.15, -0.1) is 0 Å². The molecular weight excluding hydrogens is 270 g/mol. The summed E-state index contributed by atoms with van der Waals surface area (Å²) in [5, 5.41) is 5.54. The fourth-order valence-corrected chi connectivity index (χ4v) is 3.14. The van der Waals surface area contributed by atoms with Crippen LogP contribution in [-0.4, -0.2) is 54.2 Å². The molecule has 0 bridgehead atoms. The molecule has 0 aromatic rings. The van der Waals surface area contributed by atoms with Crippen LogP contribution in [0.5, 0.6) is 0 Å². The molecule has 2 N–H and O–H groups in total. The topological polar surface area (TPSA) is 70.7 Å². The minimum Gasteiger partial charge on any atom is -0.444 e. The lowest BCUT2D eigenvalue weighted by Gasteiger charge is -2.32. The van der Waals surface area contributed by atoms with Crippen molar-refractivity contribution in [3.63, 3.8) is 0 Å². The van der Waals surface area contributed by atoms with Crippen LogP contribution in [0.3, 0.4) is 0 Å². The van der Waals surface area contributed by atoms with Gasteiger partial charge in [0.1, 0.15) is 12.1 Å². The number of rotatable bonds is 3. The van der Waals surface area contributed by atoms with Crippen molar-refractivity contribution in [3.8, 4) is 0 Å². The van der Waals surface area contributed by atoms with Gasteiger partial charge in [0.15, 0.2) is 0 Å². The smallest absolute Gasteiger partial charge is 0.408 e. The lowest BCUT2D eigenvalue weighted by Crippen LogP contribution is -2.49. The highest BCUT2D eigenvalue weighted by molar-refractivity contribution is 5.82. The summed E-state index contributed by atoms with van der Waals surface area (Å²) in [5.41, 5.74) is -0.547. The first-order valence-electron chi connectivity index (χ1n) is 7.85. The number of piperidine rings is 1. The molecular formula is C15H27N3O3. The minimum absolute atomic E-state index is 0.0296. The van der Waals surface area contributed by atoms with Crippen molar-refractivity contribution in [2.45, 2.75) is 64.1 Å². The van der Waals surface area contributed by atoms with Crippen LogP contribution in [0.1, 0.15) is 46.5 Å². The second-order valence-electron chi connectivity index (χ2n) is 6.92. The molecule has 120 valence electrons. The average molecular weight is 297 g/mol. The molecule has 2 rings (SSSR count). The van der Waals surface area contributed by atoms with Crippen molar-refractivity contribution in [2.75, 3.05) is 19.6 Å². The predicted molar refractivity (Wildman–Crippen MR) is 80.0 cm³/mol. The summed E-state index contributed by atoms with van der Waals surface area (Å²) in [7, 11) is 0. The maximum absolute atomic E-state index is 11.9. The summed E-state index contributed by atoms with van der Waals surface area (Å²) in [6.07, 6.45) is 4.11. The summed E-state index contributed by atoms with van der Waals surface area (Å²) in [6.45, 7) is 7.56. The molecule has 0 aromatic heterocycles. The van der Waals surface area contributed by atoms with Gasteiger partial charge in [0.05, 0.1) is 0 Å². The van der Waals surface area contributed by atoms with Gasteiger partial charge >= 0.3 is 6.09 Å². The molecule has 2 fully saturated rings. The average Bonchev–Trinajstić information content (AvgIpc) is 2.78. The molecule has 6 nitrogen and oxygen atoms in total. The quantitative estimate of drug-likeness (QED) is 0.822. The first-order valence-corrected chi connectivity index (χ1v) is 7.85. The van der Waals surface area contributed by atoms with E-state index in [0.717, 1.165) is 25.9 Å². The fourth-order valence-electron chi connectivity index (χ4n) is 3.14. The second kappa shape index (κ2) is 6.64. The fraction of sp³-hybridized carbons (Fsp3) is 0.867. The van der Waals surface area contributed by atoms with Gasteiger partial charge in [-0.1, -0.05) is 6.42 Å². The SMILES string of the molecule is CC(C)(C)OC(=O)NCC(=O)N[C@H]1CCN2CCCC[C@@H]12. The van der Waals surface area contributed by atoms with Crippen molar-refractivity contribution in [1.82, 2.24) is 15.5 Å². The van der Waals surface area contributed by atoms with E-state index in [9.17, 15) is 9.59 Å². The monoisotopic (exact) mass is 297 g/mol. The van der Waals surface area contributed by atoms with Crippen molar-refractivity contribution in [1.29, 1.82) is 0 Å². The Bertz CT molecular complexity index is 392. The highest BCUT2D eigenvalue weighted by atomic mass is 16.6. The Kier molecular flexibility index (Phi) is 5.08.